The molecule has 9 heteroatoms. The molecule has 0 amide bonds. The van der Waals surface area contributed by atoms with Crippen LogP contribution in [0.15, 0.2) is 4.79 Å². The maximum atomic E-state index is 11.6. The lowest BCUT2D eigenvalue weighted by Gasteiger charge is -2.31. The molecule has 102 valence electrons. The summed E-state index contributed by atoms with van der Waals surface area (Å²) < 4.78 is 0. The fourth-order valence-electron chi connectivity index (χ4n) is 1.74. The van der Waals surface area contributed by atoms with Crippen molar-refractivity contribution < 1.29 is 10.2 Å². The predicted molar refractivity (Wildman–Crippen MR) is 70.1 cm³/mol. The van der Waals surface area contributed by atoms with Gasteiger partial charge in [-0.25, -0.2) is 0 Å². The van der Waals surface area contributed by atoms with Crippen LogP contribution in [0.3, 0.4) is 0 Å². The van der Waals surface area contributed by atoms with Crippen LogP contribution in [0.2, 0.25) is 0 Å². The predicted octanol–water partition coefficient (Wildman–Crippen LogP) is -1.28. The molecule has 0 fully saturated rings. The first kappa shape index (κ1) is 14.6. The molecule has 1 aliphatic rings. The second-order valence-corrected chi connectivity index (χ2v) is 4.04. The van der Waals surface area contributed by atoms with Crippen LogP contribution in [0.1, 0.15) is 6.92 Å². The normalized spacial score (nSPS) is 20.7. The van der Waals surface area contributed by atoms with E-state index in [9.17, 15) is 15.0 Å². The Hall–Kier alpha value is -1.51. The number of fused-ring (bicyclic) bond motifs is 1. The molecule has 8 nitrogen and oxygen atoms in total. The highest BCUT2D eigenvalue weighted by Crippen LogP contribution is 2.21. The summed E-state index contributed by atoms with van der Waals surface area (Å²) >= 11 is 0. The standard InChI is InChI=1S/C9H15N5O3.ClH/c1-3(15)6(16)4-2-11-7-5(12-4)8(17)14-9(10)13-7;/h3-4,6,12,15-16H,2H2,1H3,(H4,10,11,13,14,17);1H/t3?,4-,6-;/m1./s1. The van der Waals surface area contributed by atoms with Gasteiger partial charge in [0.2, 0.25) is 5.95 Å². The maximum absolute atomic E-state index is 11.6. The molecule has 0 radical (unpaired) electrons. The number of anilines is 3. The SMILES string of the molecule is CC(O)[C@@H](O)[C@H]1CNc2nc(N)[nH]c(=O)c2N1.Cl. The average Bonchev–Trinajstić information content (AvgIpc) is 2.27. The van der Waals surface area contributed by atoms with Gasteiger partial charge in [-0.05, 0) is 6.92 Å². The van der Waals surface area contributed by atoms with Crippen molar-refractivity contribution in [1.82, 2.24) is 9.97 Å². The molecule has 1 aromatic rings. The Kier molecular flexibility index (Phi) is 4.38. The zero-order valence-corrected chi connectivity index (χ0v) is 10.5. The van der Waals surface area contributed by atoms with Gasteiger partial charge in [0.1, 0.15) is 11.8 Å². The van der Waals surface area contributed by atoms with E-state index in [1.807, 2.05) is 0 Å². The minimum absolute atomic E-state index is 0. The summed E-state index contributed by atoms with van der Waals surface area (Å²) in [7, 11) is 0. The second-order valence-electron chi connectivity index (χ2n) is 4.04. The fraction of sp³-hybridized carbons (Fsp3) is 0.556. The summed E-state index contributed by atoms with van der Waals surface area (Å²) in [4.78, 5) is 17.9. The number of nitrogens with two attached hydrogens (primary N) is 1. The minimum Gasteiger partial charge on any atom is -0.391 e. The highest BCUT2D eigenvalue weighted by atomic mass is 35.5. The number of nitrogens with one attached hydrogen (secondary N) is 3. The number of nitrogen functional groups attached to an aromatic ring is 1. The Morgan fingerprint density at radius 2 is 2.17 bits per heavy atom. The van der Waals surface area contributed by atoms with E-state index in [2.05, 4.69) is 20.6 Å². The van der Waals surface area contributed by atoms with Crippen molar-refractivity contribution in [1.29, 1.82) is 0 Å². The molecule has 0 aliphatic carbocycles. The van der Waals surface area contributed by atoms with E-state index in [1.165, 1.54) is 6.92 Å². The summed E-state index contributed by atoms with van der Waals surface area (Å²) in [6.07, 6.45) is -1.87. The topological polar surface area (TPSA) is 136 Å². The number of aliphatic hydroxyl groups is 2. The zero-order valence-electron chi connectivity index (χ0n) is 9.67. The third-order valence-corrected chi connectivity index (χ3v) is 2.66. The lowest BCUT2D eigenvalue weighted by Crippen LogP contribution is -2.48. The van der Waals surface area contributed by atoms with Crippen LogP contribution >= 0.6 is 12.4 Å². The largest absolute Gasteiger partial charge is 0.391 e. The van der Waals surface area contributed by atoms with Gasteiger partial charge in [-0.1, -0.05) is 0 Å². The Balaban J connectivity index is 0.00000162. The number of halogens is 1. The molecular formula is C9H16ClN5O3. The maximum Gasteiger partial charge on any atom is 0.277 e. The first-order valence-electron chi connectivity index (χ1n) is 5.25. The number of hydrogen-bond donors (Lipinski definition) is 6. The van der Waals surface area contributed by atoms with Gasteiger partial charge in [-0.2, -0.15) is 4.98 Å². The first-order valence-corrected chi connectivity index (χ1v) is 5.25. The van der Waals surface area contributed by atoms with Gasteiger partial charge >= 0.3 is 0 Å². The number of aromatic nitrogens is 2. The molecule has 18 heavy (non-hydrogen) atoms. The average molecular weight is 278 g/mol. The van der Waals surface area contributed by atoms with E-state index in [0.717, 1.165) is 0 Å². The molecule has 1 aromatic heterocycles. The highest BCUT2D eigenvalue weighted by molar-refractivity contribution is 5.85. The first-order chi connectivity index (χ1) is 7.99. The number of aliphatic hydroxyl groups excluding tert-OH is 2. The molecular weight excluding hydrogens is 262 g/mol. The molecule has 0 saturated heterocycles. The minimum atomic E-state index is -0.979. The highest BCUT2D eigenvalue weighted by Gasteiger charge is 2.29. The lowest BCUT2D eigenvalue weighted by molar-refractivity contribution is 0.0214. The van der Waals surface area contributed by atoms with E-state index in [-0.39, 0.29) is 24.0 Å². The quantitative estimate of drug-likeness (QED) is 0.396. The molecule has 7 N–H and O–H groups in total. The van der Waals surface area contributed by atoms with E-state index >= 15 is 0 Å². The number of rotatable bonds is 2. The number of aromatic amines is 1. The van der Waals surface area contributed by atoms with Crippen LogP contribution in [-0.4, -0.2) is 45.0 Å². The van der Waals surface area contributed by atoms with Crippen molar-refractivity contribution in [3.63, 3.8) is 0 Å². The smallest absolute Gasteiger partial charge is 0.277 e. The molecule has 0 bridgehead atoms. The van der Waals surface area contributed by atoms with Crippen molar-refractivity contribution in [3.8, 4) is 0 Å². The van der Waals surface area contributed by atoms with Crippen molar-refractivity contribution in [3.05, 3.63) is 10.4 Å². The van der Waals surface area contributed by atoms with Crippen LogP contribution in [-0.2, 0) is 0 Å². The van der Waals surface area contributed by atoms with Crippen molar-refractivity contribution >= 4 is 29.9 Å². The molecule has 1 aliphatic heterocycles. The van der Waals surface area contributed by atoms with Crippen LogP contribution in [0, 0.1) is 0 Å². The van der Waals surface area contributed by atoms with Crippen LogP contribution in [0.5, 0.6) is 0 Å². The second kappa shape index (κ2) is 5.42. The van der Waals surface area contributed by atoms with E-state index in [0.29, 0.717) is 12.4 Å². The van der Waals surface area contributed by atoms with Crippen molar-refractivity contribution in [2.75, 3.05) is 22.9 Å². The Morgan fingerprint density at radius 1 is 1.50 bits per heavy atom. The summed E-state index contributed by atoms with van der Waals surface area (Å²) in [5.41, 5.74) is 5.20. The van der Waals surface area contributed by atoms with Gasteiger partial charge in [-0.15, -0.1) is 12.4 Å². The van der Waals surface area contributed by atoms with Gasteiger partial charge < -0.3 is 26.6 Å². The van der Waals surface area contributed by atoms with Crippen molar-refractivity contribution in [2.45, 2.75) is 25.2 Å². The van der Waals surface area contributed by atoms with E-state index in [4.69, 9.17) is 5.73 Å². The molecule has 0 spiro atoms. The molecule has 0 saturated carbocycles. The molecule has 0 aromatic carbocycles. The number of H-pyrrole nitrogens is 1. The summed E-state index contributed by atoms with van der Waals surface area (Å²) in [5.74, 6) is 0.373. The van der Waals surface area contributed by atoms with Gasteiger partial charge in [-0.3, -0.25) is 9.78 Å². The molecule has 3 atom stereocenters. The van der Waals surface area contributed by atoms with E-state index in [1.54, 1.807) is 0 Å². The lowest BCUT2D eigenvalue weighted by atomic mass is 10.0. The molecule has 1 unspecified atom stereocenters. The Morgan fingerprint density at radius 3 is 2.78 bits per heavy atom. The summed E-state index contributed by atoms with van der Waals surface area (Å²) in [6, 6.07) is -0.464. The summed E-state index contributed by atoms with van der Waals surface area (Å²) in [5, 5.41) is 24.7. The van der Waals surface area contributed by atoms with Crippen LogP contribution in [0.4, 0.5) is 17.5 Å². The third kappa shape index (κ3) is 2.66. The van der Waals surface area contributed by atoms with Crippen LogP contribution < -0.4 is 21.9 Å². The van der Waals surface area contributed by atoms with Gasteiger partial charge in [0.05, 0.1) is 12.1 Å². The molecule has 2 heterocycles. The number of nitrogens with zero attached hydrogens (tertiary/aromatic N) is 1. The third-order valence-electron chi connectivity index (χ3n) is 2.66. The van der Waals surface area contributed by atoms with Crippen molar-refractivity contribution in [2.24, 2.45) is 0 Å². The summed E-state index contributed by atoms with van der Waals surface area (Å²) in [6.45, 7) is 1.82. The van der Waals surface area contributed by atoms with Gasteiger partial charge in [0.15, 0.2) is 5.82 Å². The molecule has 2 rings (SSSR count). The zero-order chi connectivity index (χ0) is 12.6. The van der Waals surface area contributed by atoms with E-state index < -0.39 is 23.8 Å². The fourth-order valence-corrected chi connectivity index (χ4v) is 1.74. The van der Waals surface area contributed by atoms with Crippen LogP contribution in [0.25, 0.3) is 0 Å². The Bertz CT molecular complexity index is 478. The Labute approximate surface area is 109 Å². The monoisotopic (exact) mass is 277 g/mol. The van der Waals surface area contributed by atoms with Gasteiger partial charge in [0.25, 0.3) is 5.56 Å². The number of hydrogen-bond acceptors (Lipinski definition) is 7. The van der Waals surface area contributed by atoms with Gasteiger partial charge in [0, 0.05) is 6.54 Å².